The first-order valence-corrected chi connectivity index (χ1v) is 16.1. The molecular weight excluding hydrogens is 624 g/mol. The van der Waals surface area contributed by atoms with Crippen LogP contribution in [0.4, 0.5) is 4.79 Å². The number of methoxy groups -OCH3 is 5. The van der Waals surface area contributed by atoms with Crippen LogP contribution in [-0.2, 0) is 30.2 Å². The van der Waals surface area contributed by atoms with Gasteiger partial charge in [-0.1, -0.05) is 0 Å². The van der Waals surface area contributed by atoms with E-state index in [1.807, 2.05) is 12.1 Å². The molecule has 0 spiro atoms. The number of aromatic amines is 1. The van der Waals surface area contributed by atoms with Crippen LogP contribution < -0.4 is 18.9 Å². The molecule has 2 aromatic carbocycles. The summed E-state index contributed by atoms with van der Waals surface area (Å²) in [6, 6.07) is 9.00. The van der Waals surface area contributed by atoms with Crippen molar-refractivity contribution < 1.29 is 52.3 Å². The third-order valence-corrected chi connectivity index (χ3v) is 10.0. The van der Waals surface area contributed by atoms with Gasteiger partial charge in [0.05, 0.1) is 52.6 Å². The van der Waals surface area contributed by atoms with Gasteiger partial charge in [-0.15, -0.1) is 0 Å². The second kappa shape index (κ2) is 13.9. The van der Waals surface area contributed by atoms with Crippen molar-refractivity contribution >= 4 is 29.0 Å². The van der Waals surface area contributed by atoms with Crippen LogP contribution in [-0.4, -0.2) is 95.4 Å². The lowest BCUT2D eigenvalue weighted by molar-refractivity contribution is -0.176. The number of benzene rings is 2. The molecule has 6 rings (SSSR count). The van der Waals surface area contributed by atoms with Gasteiger partial charge in [0.1, 0.15) is 18.0 Å². The van der Waals surface area contributed by atoms with Gasteiger partial charge in [0.2, 0.25) is 5.75 Å². The van der Waals surface area contributed by atoms with Gasteiger partial charge in [0, 0.05) is 42.9 Å². The molecule has 48 heavy (non-hydrogen) atoms. The number of nitrogens with one attached hydrogen (secondary N) is 1. The molecule has 1 saturated heterocycles. The topological polar surface area (TPSA) is 144 Å². The van der Waals surface area contributed by atoms with Gasteiger partial charge in [-0.3, -0.25) is 9.69 Å². The number of carbonyl (C=O) groups excluding carboxylic acids is 3. The summed E-state index contributed by atoms with van der Waals surface area (Å²) in [6.45, 7) is 3.37. The van der Waals surface area contributed by atoms with Crippen molar-refractivity contribution in [2.45, 2.75) is 44.4 Å². The van der Waals surface area contributed by atoms with Gasteiger partial charge >= 0.3 is 18.1 Å². The predicted octanol–water partition coefficient (Wildman–Crippen LogP) is 4.70. The lowest BCUT2D eigenvalue weighted by Gasteiger charge is -2.52. The minimum Gasteiger partial charge on any atom is -0.497 e. The maximum atomic E-state index is 13.7. The molecule has 0 amide bonds. The standard InChI is InChI=1S/C35H42N2O11/c1-7-46-35(40)48-31-26(42-3)12-18(13-27(31)43-4)33(38)47-28-14-19-17-37-11-10-22-21-9-8-20(41-2)15-24(21)36-30(22)25(37)16-23(19)29(32(28)44-5)34(39)45-6/h8-9,12-13,15,19,23,25,28-29,32,36H,7,10-11,14,16-17H2,1-6H3/t19-,23+,25+,28-,29-,32+/m1/s1. The van der Waals surface area contributed by atoms with E-state index in [4.69, 9.17) is 37.9 Å². The molecule has 3 aliphatic rings. The van der Waals surface area contributed by atoms with Gasteiger partial charge in [-0.25, -0.2) is 9.59 Å². The zero-order chi connectivity index (χ0) is 34.1. The number of hydrogen-bond acceptors (Lipinski definition) is 12. The van der Waals surface area contributed by atoms with Crippen LogP contribution in [0.5, 0.6) is 23.0 Å². The first kappa shape index (κ1) is 33.4. The summed E-state index contributed by atoms with van der Waals surface area (Å²) >= 11 is 0. The second-order valence-corrected chi connectivity index (χ2v) is 12.3. The Morgan fingerprint density at radius 3 is 2.35 bits per heavy atom. The van der Waals surface area contributed by atoms with E-state index in [1.54, 1.807) is 14.0 Å². The number of rotatable bonds is 9. The van der Waals surface area contributed by atoms with Crippen molar-refractivity contribution in [2.24, 2.45) is 17.8 Å². The number of ether oxygens (including phenoxy) is 8. The third-order valence-electron chi connectivity index (χ3n) is 10.0. The van der Waals surface area contributed by atoms with Crippen LogP contribution in [0.15, 0.2) is 30.3 Å². The van der Waals surface area contributed by atoms with Crippen molar-refractivity contribution in [1.29, 1.82) is 0 Å². The number of piperidine rings is 1. The summed E-state index contributed by atoms with van der Waals surface area (Å²) in [7, 11) is 7.30. The molecule has 13 nitrogen and oxygen atoms in total. The molecular formula is C35H42N2O11. The highest BCUT2D eigenvalue weighted by molar-refractivity contribution is 5.92. The zero-order valence-corrected chi connectivity index (χ0v) is 28.0. The average Bonchev–Trinajstić information content (AvgIpc) is 3.48. The van der Waals surface area contributed by atoms with Gasteiger partial charge in [0.15, 0.2) is 11.5 Å². The van der Waals surface area contributed by atoms with Gasteiger partial charge in [-0.05, 0) is 67.9 Å². The molecule has 258 valence electrons. The van der Waals surface area contributed by atoms with Crippen LogP contribution >= 0.6 is 0 Å². The van der Waals surface area contributed by atoms with E-state index in [0.717, 1.165) is 37.2 Å². The van der Waals surface area contributed by atoms with Crippen molar-refractivity contribution in [1.82, 2.24) is 9.88 Å². The Bertz CT molecular complexity index is 1660. The summed E-state index contributed by atoms with van der Waals surface area (Å²) in [5, 5.41) is 1.19. The molecule has 1 N–H and O–H groups in total. The Labute approximate surface area is 278 Å². The molecule has 1 saturated carbocycles. The highest BCUT2D eigenvalue weighted by Crippen LogP contribution is 2.51. The van der Waals surface area contributed by atoms with Gasteiger partial charge in [0.25, 0.3) is 0 Å². The van der Waals surface area contributed by atoms with E-state index in [9.17, 15) is 14.4 Å². The quantitative estimate of drug-likeness (QED) is 0.192. The lowest BCUT2D eigenvalue weighted by Crippen LogP contribution is -2.58. The van der Waals surface area contributed by atoms with Gasteiger partial charge in [-0.2, -0.15) is 0 Å². The first-order chi connectivity index (χ1) is 23.2. The number of aromatic nitrogens is 1. The first-order valence-electron chi connectivity index (χ1n) is 16.1. The molecule has 0 unspecified atom stereocenters. The SMILES string of the molecule is CCOC(=O)Oc1c(OC)cc(C(=O)O[C@@H]2C[C@@H]3CN4CCc5c([nH]c6cc(OC)ccc56)[C@@H]4C[C@@H]3[C@@H](C(=O)OC)[C@H]2OC)cc1OC. The predicted molar refractivity (Wildman–Crippen MR) is 172 cm³/mol. The average molecular weight is 667 g/mol. The molecule has 2 aliphatic heterocycles. The smallest absolute Gasteiger partial charge is 0.497 e. The number of nitrogens with zero attached hydrogens (tertiary/aromatic N) is 1. The summed E-state index contributed by atoms with van der Waals surface area (Å²) in [5.41, 5.74) is 3.62. The van der Waals surface area contributed by atoms with E-state index < -0.39 is 36.2 Å². The van der Waals surface area contributed by atoms with E-state index in [2.05, 4.69) is 16.0 Å². The van der Waals surface area contributed by atoms with Gasteiger partial charge < -0.3 is 42.9 Å². The Morgan fingerprint density at radius 2 is 1.71 bits per heavy atom. The van der Waals surface area contributed by atoms with E-state index in [-0.39, 0.29) is 47.3 Å². The molecule has 3 heterocycles. The third kappa shape index (κ3) is 6.00. The van der Waals surface area contributed by atoms with E-state index in [1.165, 1.54) is 57.2 Å². The molecule has 1 aromatic heterocycles. The van der Waals surface area contributed by atoms with Crippen molar-refractivity contribution in [3.63, 3.8) is 0 Å². The minimum absolute atomic E-state index is 0.0356. The molecule has 13 heteroatoms. The van der Waals surface area contributed by atoms with Crippen LogP contribution in [0.2, 0.25) is 0 Å². The molecule has 0 bridgehead atoms. The molecule has 6 atom stereocenters. The van der Waals surface area contributed by atoms with E-state index >= 15 is 0 Å². The number of carbonyl (C=O) groups is 3. The zero-order valence-electron chi connectivity index (χ0n) is 28.0. The summed E-state index contributed by atoms with van der Waals surface area (Å²) in [5.74, 6) is -0.833. The maximum absolute atomic E-state index is 13.7. The number of hydrogen-bond donors (Lipinski definition) is 1. The number of esters is 2. The van der Waals surface area contributed by atoms with Crippen molar-refractivity contribution in [2.75, 3.05) is 55.2 Å². The van der Waals surface area contributed by atoms with Crippen LogP contribution in [0.3, 0.4) is 0 Å². The minimum atomic E-state index is -0.942. The molecule has 1 aliphatic carbocycles. The number of fused-ring (bicyclic) bond motifs is 6. The van der Waals surface area contributed by atoms with Crippen molar-refractivity contribution in [3.05, 3.63) is 47.2 Å². The Kier molecular flexibility index (Phi) is 9.70. The summed E-state index contributed by atoms with van der Waals surface area (Å²) in [4.78, 5) is 45.3. The second-order valence-electron chi connectivity index (χ2n) is 12.3. The molecule has 2 fully saturated rings. The van der Waals surface area contributed by atoms with E-state index in [0.29, 0.717) is 6.42 Å². The molecule has 0 radical (unpaired) electrons. The van der Waals surface area contributed by atoms with Crippen LogP contribution in [0.25, 0.3) is 10.9 Å². The Hall–Kier alpha value is -4.49. The van der Waals surface area contributed by atoms with Crippen LogP contribution in [0, 0.1) is 17.8 Å². The normalized spacial score (nSPS) is 24.8. The Balaban J connectivity index is 1.27. The Morgan fingerprint density at radius 1 is 0.958 bits per heavy atom. The monoisotopic (exact) mass is 666 g/mol. The van der Waals surface area contributed by atoms with Crippen molar-refractivity contribution in [3.8, 4) is 23.0 Å². The summed E-state index contributed by atoms with van der Waals surface area (Å²) in [6.07, 6.45) is -0.298. The number of H-pyrrole nitrogens is 1. The van der Waals surface area contributed by atoms with Crippen LogP contribution in [0.1, 0.15) is 47.4 Å². The highest BCUT2D eigenvalue weighted by Gasteiger charge is 2.54. The fraction of sp³-hybridized carbons (Fsp3) is 0.514. The molecule has 3 aromatic rings. The fourth-order valence-corrected chi connectivity index (χ4v) is 7.89. The largest absolute Gasteiger partial charge is 0.514 e. The fourth-order valence-electron chi connectivity index (χ4n) is 7.89. The summed E-state index contributed by atoms with van der Waals surface area (Å²) < 4.78 is 43.8. The highest BCUT2D eigenvalue weighted by atomic mass is 16.7. The maximum Gasteiger partial charge on any atom is 0.514 e. The lowest BCUT2D eigenvalue weighted by atomic mass is 9.63.